The van der Waals surface area contributed by atoms with Gasteiger partial charge < -0.3 is 0 Å². The number of hydrogen-bond donors (Lipinski definition) is 0. The van der Waals surface area contributed by atoms with Gasteiger partial charge in [0.1, 0.15) is 17.6 Å². The molecule has 0 aliphatic heterocycles. The van der Waals surface area contributed by atoms with Crippen molar-refractivity contribution in [2.24, 2.45) is 0 Å². The predicted molar refractivity (Wildman–Crippen MR) is 46.4 cm³/mol. The Hall–Kier alpha value is -1.95. The number of benzene rings is 1. The monoisotopic (exact) mass is 172 g/mol. The van der Waals surface area contributed by atoms with E-state index >= 15 is 0 Å². The van der Waals surface area contributed by atoms with E-state index in [9.17, 15) is 4.39 Å². The quantitative estimate of drug-likeness (QED) is 0.611. The van der Waals surface area contributed by atoms with Gasteiger partial charge in [-0.2, -0.15) is 5.26 Å². The van der Waals surface area contributed by atoms with E-state index in [1.165, 1.54) is 18.3 Å². The summed E-state index contributed by atoms with van der Waals surface area (Å²) in [6.45, 7) is 0. The summed E-state index contributed by atoms with van der Waals surface area (Å²) < 4.78 is 12.7. The average Bonchev–Trinajstić information content (AvgIpc) is 2.17. The van der Waals surface area contributed by atoms with Crippen molar-refractivity contribution in [3.05, 3.63) is 42.0 Å². The minimum absolute atomic E-state index is 0.293. The van der Waals surface area contributed by atoms with Crippen molar-refractivity contribution in [1.29, 1.82) is 5.26 Å². The van der Waals surface area contributed by atoms with E-state index in [1.54, 1.807) is 12.1 Å². The molecular weight excluding hydrogens is 167 g/mol. The SMILES string of the molecule is N#Cc1cc2ccc(F)cc2cn1. The van der Waals surface area contributed by atoms with E-state index in [0.29, 0.717) is 11.1 Å². The molecule has 0 fully saturated rings. The van der Waals surface area contributed by atoms with Crippen LogP contribution in [-0.2, 0) is 0 Å². The van der Waals surface area contributed by atoms with Crippen molar-refractivity contribution in [2.45, 2.75) is 0 Å². The van der Waals surface area contributed by atoms with Crippen LogP contribution in [0.4, 0.5) is 4.39 Å². The average molecular weight is 172 g/mol. The Morgan fingerprint density at radius 1 is 1.23 bits per heavy atom. The molecule has 1 aromatic carbocycles. The molecule has 0 saturated heterocycles. The number of fused-ring (bicyclic) bond motifs is 1. The van der Waals surface area contributed by atoms with Gasteiger partial charge >= 0.3 is 0 Å². The summed E-state index contributed by atoms with van der Waals surface area (Å²) in [6, 6.07) is 7.95. The van der Waals surface area contributed by atoms with Crippen LogP contribution in [0, 0.1) is 17.1 Å². The maximum absolute atomic E-state index is 12.7. The fraction of sp³-hybridized carbons (Fsp3) is 0. The molecule has 2 rings (SSSR count). The van der Waals surface area contributed by atoms with Crippen molar-refractivity contribution in [2.75, 3.05) is 0 Å². The first-order valence-corrected chi connectivity index (χ1v) is 3.75. The first-order valence-electron chi connectivity index (χ1n) is 3.75. The summed E-state index contributed by atoms with van der Waals surface area (Å²) in [6.07, 6.45) is 1.50. The lowest BCUT2D eigenvalue weighted by Crippen LogP contribution is -1.83. The van der Waals surface area contributed by atoms with Gasteiger partial charge in [0.25, 0.3) is 0 Å². The summed E-state index contributed by atoms with van der Waals surface area (Å²) in [7, 11) is 0. The van der Waals surface area contributed by atoms with Crippen molar-refractivity contribution >= 4 is 10.8 Å². The number of hydrogen-bond acceptors (Lipinski definition) is 2. The zero-order valence-electron chi connectivity index (χ0n) is 6.66. The molecule has 0 aliphatic carbocycles. The molecule has 1 aromatic heterocycles. The standard InChI is InChI=1S/C10H5FN2/c11-9-2-1-7-4-10(5-12)13-6-8(7)3-9/h1-4,6H. The fourth-order valence-electron chi connectivity index (χ4n) is 1.17. The lowest BCUT2D eigenvalue weighted by molar-refractivity contribution is 0.629. The van der Waals surface area contributed by atoms with Crippen molar-refractivity contribution in [3.63, 3.8) is 0 Å². The van der Waals surface area contributed by atoms with E-state index in [1.807, 2.05) is 6.07 Å². The van der Waals surface area contributed by atoms with Crippen molar-refractivity contribution in [3.8, 4) is 6.07 Å². The van der Waals surface area contributed by atoms with E-state index in [0.717, 1.165) is 5.39 Å². The third kappa shape index (κ3) is 1.34. The minimum atomic E-state index is -0.293. The van der Waals surface area contributed by atoms with E-state index < -0.39 is 0 Å². The molecule has 2 nitrogen and oxygen atoms in total. The van der Waals surface area contributed by atoms with Gasteiger partial charge in [0.15, 0.2) is 0 Å². The number of nitrogens with zero attached hydrogens (tertiary/aromatic N) is 2. The number of pyridine rings is 1. The molecule has 0 amide bonds. The van der Waals surface area contributed by atoms with Crippen LogP contribution >= 0.6 is 0 Å². The van der Waals surface area contributed by atoms with Gasteiger partial charge in [-0.15, -0.1) is 0 Å². The highest BCUT2D eigenvalue weighted by molar-refractivity contribution is 5.82. The van der Waals surface area contributed by atoms with Crippen LogP contribution in [0.1, 0.15) is 5.69 Å². The fourth-order valence-corrected chi connectivity index (χ4v) is 1.17. The van der Waals surface area contributed by atoms with E-state index in [4.69, 9.17) is 5.26 Å². The predicted octanol–water partition coefficient (Wildman–Crippen LogP) is 2.25. The van der Waals surface area contributed by atoms with Crippen LogP contribution in [0.2, 0.25) is 0 Å². The van der Waals surface area contributed by atoms with Crippen LogP contribution in [0.15, 0.2) is 30.5 Å². The molecule has 2 aromatic rings. The zero-order valence-corrected chi connectivity index (χ0v) is 6.66. The molecule has 1 heterocycles. The number of nitriles is 1. The number of rotatable bonds is 0. The normalized spacial score (nSPS) is 9.85. The first kappa shape index (κ1) is 7.69. The maximum Gasteiger partial charge on any atom is 0.141 e. The highest BCUT2D eigenvalue weighted by atomic mass is 19.1. The number of aromatic nitrogens is 1. The van der Waals surface area contributed by atoms with Crippen molar-refractivity contribution in [1.82, 2.24) is 4.98 Å². The van der Waals surface area contributed by atoms with Crippen LogP contribution in [0.25, 0.3) is 10.8 Å². The third-order valence-electron chi connectivity index (χ3n) is 1.80. The highest BCUT2D eigenvalue weighted by Crippen LogP contribution is 2.14. The molecule has 62 valence electrons. The summed E-state index contributed by atoms with van der Waals surface area (Å²) in [5.41, 5.74) is 0.346. The van der Waals surface area contributed by atoms with Gasteiger partial charge in [0.2, 0.25) is 0 Å². The third-order valence-corrected chi connectivity index (χ3v) is 1.80. The second kappa shape index (κ2) is 2.83. The molecule has 0 radical (unpaired) electrons. The Kier molecular flexibility index (Phi) is 1.67. The smallest absolute Gasteiger partial charge is 0.141 e. The van der Waals surface area contributed by atoms with Gasteiger partial charge in [-0.05, 0) is 23.6 Å². The second-order valence-corrected chi connectivity index (χ2v) is 2.67. The summed E-state index contributed by atoms with van der Waals surface area (Å²) in [5.74, 6) is -0.293. The number of halogens is 1. The minimum Gasteiger partial charge on any atom is -0.245 e. The Morgan fingerprint density at radius 3 is 2.85 bits per heavy atom. The molecule has 0 atom stereocenters. The topological polar surface area (TPSA) is 36.7 Å². The van der Waals surface area contributed by atoms with Crippen LogP contribution in [-0.4, -0.2) is 4.98 Å². The lowest BCUT2D eigenvalue weighted by Gasteiger charge is -1.96. The molecule has 3 heteroatoms. The van der Waals surface area contributed by atoms with Gasteiger partial charge in [-0.1, -0.05) is 6.07 Å². The first-order chi connectivity index (χ1) is 6.29. The molecule has 13 heavy (non-hydrogen) atoms. The zero-order chi connectivity index (χ0) is 9.26. The molecule has 0 unspecified atom stereocenters. The molecule has 0 saturated carbocycles. The molecule has 0 aliphatic rings. The Labute approximate surface area is 74.3 Å². The summed E-state index contributed by atoms with van der Waals surface area (Å²) >= 11 is 0. The summed E-state index contributed by atoms with van der Waals surface area (Å²) in [4.78, 5) is 3.84. The highest BCUT2D eigenvalue weighted by Gasteiger charge is 1.97. The Balaban J connectivity index is 2.75. The van der Waals surface area contributed by atoms with Crippen LogP contribution < -0.4 is 0 Å². The van der Waals surface area contributed by atoms with Gasteiger partial charge in [-0.25, -0.2) is 9.37 Å². The molecule has 0 spiro atoms. The van der Waals surface area contributed by atoms with Gasteiger partial charge in [-0.3, -0.25) is 0 Å². The molecular formula is C10H5FN2. The Bertz CT molecular complexity index is 500. The van der Waals surface area contributed by atoms with Crippen LogP contribution in [0.5, 0.6) is 0 Å². The summed E-state index contributed by atoms with van der Waals surface area (Å²) in [5, 5.41) is 10.1. The molecule has 0 N–H and O–H groups in total. The van der Waals surface area contributed by atoms with Crippen LogP contribution in [0.3, 0.4) is 0 Å². The van der Waals surface area contributed by atoms with Gasteiger partial charge in [0, 0.05) is 11.6 Å². The largest absolute Gasteiger partial charge is 0.245 e. The van der Waals surface area contributed by atoms with Gasteiger partial charge in [0.05, 0.1) is 0 Å². The molecule has 0 bridgehead atoms. The Morgan fingerprint density at radius 2 is 2.08 bits per heavy atom. The second-order valence-electron chi connectivity index (χ2n) is 2.67. The van der Waals surface area contributed by atoms with E-state index in [-0.39, 0.29) is 5.82 Å². The van der Waals surface area contributed by atoms with E-state index in [2.05, 4.69) is 4.98 Å². The maximum atomic E-state index is 12.7. The van der Waals surface area contributed by atoms with Crippen molar-refractivity contribution < 1.29 is 4.39 Å². The lowest BCUT2D eigenvalue weighted by atomic mass is 10.1.